The Morgan fingerprint density at radius 1 is 0.962 bits per heavy atom. The maximum atomic E-state index is 12.7. The summed E-state index contributed by atoms with van der Waals surface area (Å²) in [6.07, 6.45) is 8.21. The van der Waals surface area contributed by atoms with Crippen molar-refractivity contribution in [2.75, 3.05) is 5.32 Å². The van der Waals surface area contributed by atoms with Gasteiger partial charge in [0.05, 0.1) is 11.4 Å². The molecule has 1 saturated carbocycles. The van der Waals surface area contributed by atoms with Crippen LogP contribution >= 0.6 is 0 Å². The first-order chi connectivity index (χ1) is 12.8. The lowest BCUT2D eigenvalue weighted by molar-refractivity contribution is -0.116. The summed E-state index contributed by atoms with van der Waals surface area (Å²) >= 11 is 0. The molecular weight excluding hydrogens is 320 g/mol. The fourth-order valence-corrected chi connectivity index (χ4v) is 4.11. The molecule has 1 fully saturated rings. The summed E-state index contributed by atoms with van der Waals surface area (Å²) in [5.74, 6) is 0.851. The molecule has 0 unspecified atom stereocenters. The lowest BCUT2D eigenvalue weighted by Crippen LogP contribution is -2.15. The number of hydrogen-bond donors (Lipinski definition) is 2. The monoisotopic (exact) mass is 346 g/mol. The Morgan fingerprint density at radius 3 is 2.50 bits per heavy atom. The molecule has 2 N–H and O–H groups in total. The first-order valence-corrected chi connectivity index (χ1v) is 9.77. The van der Waals surface area contributed by atoms with E-state index in [-0.39, 0.29) is 5.91 Å². The molecule has 1 aliphatic rings. The summed E-state index contributed by atoms with van der Waals surface area (Å²) in [6, 6.07) is 18.4. The second-order valence-electron chi connectivity index (χ2n) is 7.38. The molecule has 0 saturated heterocycles. The zero-order valence-electron chi connectivity index (χ0n) is 15.1. The normalized spacial score (nSPS) is 15.2. The number of H-pyrrole nitrogens is 1. The maximum absolute atomic E-state index is 12.7. The van der Waals surface area contributed by atoms with E-state index in [2.05, 4.69) is 34.6 Å². The van der Waals surface area contributed by atoms with E-state index in [1.807, 2.05) is 30.3 Å². The predicted octanol–water partition coefficient (Wildman–Crippen LogP) is 6.13. The quantitative estimate of drug-likeness (QED) is 0.573. The van der Waals surface area contributed by atoms with Gasteiger partial charge in [-0.15, -0.1) is 0 Å². The summed E-state index contributed by atoms with van der Waals surface area (Å²) in [4.78, 5) is 16.1. The van der Waals surface area contributed by atoms with Crippen LogP contribution in [-0.4, -0.2) is 10.9 Å². The number of para-hydroxylation sites is 1. The minimum Gasteiger partial charge on any atom is -0.353 e. The van der Waals surface area contributed by atoms with Gasteiger partial charge in [0.1, 0.15) is 0 Å². The van der Waals surface area contributed by atoms with Crippen LogP contribution < -0.4 is 5.32 Å². The standard InChI is InChI=1S/C23H26N2O/c26-21(16-15-17-9-3-1-4-10-17)25-23-19-13-7-8-14-20(19)24-22(23)18-11-5-2-6-12-18/h2,5-8,11-14,17,24H,1,3-4,9-10,15-16H2,(H,25,26). The van der Waals surface area contributed by atoms with Crippen molar-refractivity contribution in [2.24, 2.45) is 5.92 Å². The van der Waals surface area contributed by atoms with Crippen LogP contribution in [0.3, 0.4) is 0 Å². The number of aromatic amines is 1. The van der Waals surface area contributed by atoms with Crippen molar-refractivity contribution >= 4 is 22.5 Å². The third-order valence-corrected chi connectivity index (χ3v) is 5.54. The number of benzene rings is 2. The number of carbonyl (C=O) groups is 1. The third kappa shape index (κ3) is 3.67. The summed E-state index contributed by atoms with van der Waals surface area (Å²) in [7, 11) is 0. The van der Waals surface area contributed by atoms with E-state index in [4.69, 9.17) is 0 Å². The molecule has 0 radical (unpaired) electrons. The van der Waals surface area contributed by atoms with Crippen LogP contribution in [0.1, 0.15) is 44.9 Å². The molecule has 3 heteroatoms. The van der Waals surface area contributed by atoms with Crippen molar-refractivity contribution in [1.29, 1.82) is 0 Å². The highest BCUT2D eigenvalue weighted by Gasteiger charge is 2.18. The molecule has 0 atom stereocenters. The van der Waals surface area contributed by atoms with E-state index < -0.39 is 0 Å². The van der Waals surface area contributed by atoms with Crippen molar-refractivity contribution in [2.45, 2.75) is 44.9 Å². The van der Waals surface area contributed by atoms with E-state index in [1.165, 1.54) is 32.1 Å². The van der Waals surface area contributed by atoms with E-state index in [1.54, 1.807) is 0 Å². The van der Waals surface area contributed by atoms with Crippen LogP contribution in [0.25, 0.3) is 22.2 Å². The fourth-order valence-electron chi connectivity index (χ4n) is 4.11. The summed E-state index contributed by atoms with van der Waals surface area (Å²) in [6.45, 7) is 0. The van der Waals surface area contributed by atoms with Crippen LogP contribution in [0.4, 0.5) is 5.69 Å². The molecule has 1 aliphatic carbocycles. The van der Waals surface area contributed by atoms with Gasteiger partial charge in [-0.25, -0.2) is 0 Å². The lowest BCUT2D eigenvalue weighted by atomic mass is 9.86. The number of amides is 1. The second kappa shape index (κ2) is 7.77. The van der Waals surface area contributed by atoms with E-state index >= 15 is 0 Å². The van der Waals surface area contributed by atoms with Crippen molar-refractivity contribution in [3.05, 3.63) is 54.6 Å². The molecular formula is C23H26N2O. The lowest BCUT2D eigenvalue weighted by Gasteiger charge is -2.21. The molecule has 26 heavy (non-hydrogen) atoms. The van der Waals surface area contributed by atoms with Gasteiger partial charge >= 0.3 is 0 Å². The minimum atomic E-state index is 0.123. The van der Waals surface area contributed by atoms with Crippen molar-refractivity contribution in [3.63, 3.8) is 0 Å². The first-order valence-electron chi connectivity index (χ1n) is 9.77. The van der Waals surface area contributed by atoms with Crippen LogP contribution in [-0.2, 0) is 4.79 Å². The van der Waals surface area contributed by atoms with Gasteiger partial charge in [-0.1, -0.05) is 80.6 Å². The van der Waals surface area contributed by atoms with Gasteiger partial charge in [-0.2, -0.15) is 0 Å². The average molecular weight is 346 g/mol. The van der Waals surface area contributed by atoms with E-state index in [0.717, 1.165) is 40.2 Å². The number of anilines is 1. The maximum Gasteiger partial charge on any atom is 0.224 e. The largest absolute Gasteiger partial charge is 0.353 e. The van der Waals surface area contributed by atoms with Gasteiger partial charge in [0.25, 0.3) is 0 Å². The topological polar surface area (TPSA) is 44.9 Å². The van der Waals surface area contributed by atoms with Crippen LogP contribution in [0.2, 0.25) is 0 Å². The van der Waals surface area contributed by atoms with Gasteiger partial charge in [-0.05, 0) is 18.4 Å². The zero-order valence-corrected chi connectivity index (χ0v) is 15.1. The Morgan fingerprint density at radius 2 is 1.69 bits per heavy atom. The van der Waals surface area contributed by atoms with Crippen molar-refractivity contribution in [3.8, 4) is 11.3 Å². The second-order valence-corrected chi connectivity index (χ2v) is 7.38. The number of nitrogens with one attached hydrogen (secondary N) is 2. The number of fused-ring (bicyclic) bond motifs is 1. The SMILES string of the molecule is O=C(CCC1CCCCC1)Nc1c(-c2ccccc2)[nH]c2ccccc12. The number of hydrogen-bond acceptors (Lipinski definition) is 1. The van der Waals surface area contributed by atoms with Gasteiger partial charge in [0.2, 0.25) is 5.91 Å². The summed E-state index contributed by atoms with van der Waals surface area (Å²) in [5, 5.41) is 4.27. The molecule has 4 rings (SSSR count). The predicted molar refractivity (Wildman–Crippen MR) is 108 cm³/mol. The van der Waals surface area contributed by atoms with E-state index in [0.29, 0.717) is 6.42 Å². The van der Waals surface area contributed by atoms with Crippen molar-refractivity contribution < 1.29 is 4.79 Å². The van der Waals surface area contributed by atoms with Gasteiger partial charge in [0, 0.05) is 22.9 Å². The van der Waals surface area contributed by atoms with E-state index in [9.17, 15) is 4.79 Å². The van der Waals surface area contributed by atoms with Crippen LogP contribution in [0.15, 0.2) is 54.6 Å². The summed E-state index contributed by atoms with van der Waals surface area (Å²) in [5.41, 5.74) is 4.03. The average Bonchev–Trinajstić information content (AvgIpc) is 3.06. The molecule has 3 aromatic rings. The Hall–Kier alpha value is -2.55. The number of aromatic nitrogens is 1. The highest BCUT2D eigenvalue weighted by Crippen LogP contribution is 2.35. The van der Waals surface area contributed by atoms with Crippen molar-refractivity contribution in [1.82, 2.24) is 4.98 Å². The Labute approximate surface area is 154 Å². The Balaban J connectivity index is 1.55. The highest BCUT2D eigenvalue weighted by molar-refractivity contribution is 6.07. The molecule has 1 amide bonds. The third-order valence-electron chi connectivity index (χ3n) is 5.54. The van der Waals surface area contributed by atoms with Gasteiger partial charge in [0.15, 0.2) is 0 Å². The molecule has 0 aliphatic heterocycles. The van der Waals surface area contributed by atoms with Gasteiger partial charge in [-0.3, -0.25) is 4.79 Å². The molecule has 3 nitrogen and oxygen atoms in total. The molecule has 0 spiro atoms. The fraction of sp³-hybridized carbons (Fsp3) is 0.348. The first kappa shape index (κ1) is 16.9. The molecule has 134 valence electrons. The smallest absolute Gasteiger partial charge is 0.224 e. The minimum absolute atomic E-state index is 0.123. The molecule has 0 bridgehead atoms. The Kier molecular flexibility index (Phi) is 5.05. The molecule has 1 heterocycles. The van der Waals surface area contributed by atoms with Crippen LogP contribution in [0.5, 0.6) is 0 Å². The molecule has 1 aromatic heterocycles. The zero-order chi connectivity index (χ0) is 17.8. The van der Waals surface area contributed by atoms with Gasteiger partial charge < -0.3 is 10.3 Å². The molecule has 2 aromatic carbocycles. The highest BCUT2D eigenvalue weighted by atomic mass is 16.1. The number of carbonyl (C=O) groups excluding carboxylic acids is 1. The van der Waals surface area contributed by atoms with Crippen LogP contribution in [0, 0.1) is 5.92 Å². The Bertz CT molecular complexity index is 876. The number of rotatable bonds is 5. The summed E-state index contributed by atoms with van der Waals surface area (Å²) < 4.78 is 0.